The first-order valence-electron chi connectivity index (χ1n) is 5.98. The highest BCUT2D eigenvalue weighted by Crippen LogP contribution is 2.19. The van der Waals surface area contributed by atoms with E-state index in [4.69, 9.17) is 4.74 Å². The van der Waals surface area contributed by atoms with E-state index in [0.29, 0.717) is 17.9 Å². The molecule has 0 aliphatic carbocycles. The Balaban J connectivity index is 2.21. The maximum atomic E-state index is 13.1. The lowest BCUT2D eigenvalue weighted by Gasteiger charge is -2.10. The van der Waals surface area contributed by atoms with Crippen molar-refractivity contribution in [1.29, 1.82) is 0 Å². The van der Waals surface area contributed by atoms with Gasteiger partial charge in [0.05, 0.1) is 6.61 Å². The molecular formula is C15H14FNO2S. The van der Waals surface area contributed by atoms with E-state index in [1.165, 1.54) is 18.2 Å². The Morgan fingerprint density at radius 3 is 2.75 bits per heavy atom. The molecule has 0 heterocycles. The van der Waals surface area contributed by atoms with Gasteiger partial charge in [0.1, 0.15) is 5.82 Å². The Hall–Kier alpha value is -1.85. The Labute approximate surface area is 122 Å². The second kappa shape index (κ2) is 6.54. The molecule has 0 saturated carbocycles. The minimum Gasteiger partial charge on any atom is -0.380 e. The summed E-state index contributed by atoms with van der Waals surface area (Å²) in [6.45, 7) is 0.400. The summed E-state index contributed by atoms with van der Waals surface area (Å²) in [5.41, 5.74) is 1.89. The van der Waals surface area contributed by atoms with Crippen LogP contribution in [0.25, 0.3) is 0 Å². The van der Waals surface area contributed by atoms with Gasteiger partial charge in [0, 0.05) is 28.8 Å². The molecule has 0 spiro atoms. The standard InChI is InChI=1S/C15H14FNO2S/c1-19-9-11-4-2-3-5-13(11)17-15(18)10-6-7-12(16)14(20)8-10/h2-8,20H,9H2,1H3,(H,17,18). The van der Waals surface area contributed by atoms with E-state index in [-0.39, 0.29) is 10.8 Å². The number of amides is 1. The largest absolute Gasteiger partial charge is 0.380 e. The predicted molar refractivity (Wildman–Crippen MR) is 78.8 cm³/mol. The van der Waals surface area contributed by atoms with E-state index in [1.54, 1.807) is 13.2 Å². The van der Waals surface area contributed by atoms with Gasteiger partial charge in [-0.1, -0.05) is 18.2 Å². The van der Waals surface area contributed by atoms with E-state index in [0.717, 1.165) is 5.56 Å². The Kier molecular flexibility index (Phi) is 4.76. The van der Waals surface area contributed by atoms with Crippen molar-refractivity contribution in [1.82, 2.24) is 0 Å². The summed E-state index contributed by atoms with van der Waals surface area (Å²) in [6.07, 6.45) is 0. The molecule has 0 aliphatic heterocycles. The van der Waals surface area contributed by atoms with Gasteiger partial charge in [-0.25, -0.2) is 4.39 Å². The van der Waals surface area contributed by atoms with Crippen molar-refractivity contribution in [3.8, 4) is 0 Å². The van der Waals surface area contributed by atoms with Crippen molar-refractivity contribution in [3.05, 3.63) is 59.4 Å². The van der Waals surface area contributed by atoms with Crippen molar-refractivity contribution in [2.45, 2.75) is 11.5 Å². The van der Waals surface area contributed by atoms with Crippen LogP contribution >= 0.6 is 12.6 Å². The van der Waals surface area contributed by atoms with Crippen LogP contribution in [0.3, 0.4) is 0 Å². The number of ether oxygens (including phenoxy) is 1. The van der Waals surface area contributed by atoms with Crippen molar-refractivity contribution in [2.75, 3.05) is 12.4 Å². The average Bonchev–Trinajstić information content (AvgIpc) is 2.44. The normalized spacial score (nSPS) is 10.3. The number of para-hydroxylation sites is 1. The van der Waals surface area contributed by atoms with E-state index in [1.807, 2.05) is 18.2 Å². The van der Waals surface area contributed by atoms with E-state index in [9.17, 15) is 9.18 Å². The molecule has 2 aromatic carbocycles. The molecule has 3 nitrogen and oxygen atoms in total. The van der Waals surface area contributed by atoms with Crippen molar-refractivity contribution >= 4 is 24.2 Å². The zero-order valence-electron chi connectivity index (χ0n) is 10.9. The summed E-state index contributed by atoms with van der Waals surface area (Å²) < 4.78 is 18.2. The van der Waals surface area contributed by atoms with E-state index in [2.05, 4.69) is 17.9 Å². The first-order chi connectivity index (χ1) is 9.61. The number of hydrogen-bond acceptors (Lipinski definition) is 3. The molecule has 0 aliphatic rings. The van der Waals surface area contributed by atoms with Gasteiger partial charge >= 0.3 is 0 Å². The molecule has 0 atom stereocenters. The average molecular weight is 291 g/mol. The number of anilines is 1. The molecule has 5 heteroatoms. The zero-order chi connectivity index (χ0) is 14.5. The number of hydrogen-bond donors (Lipinski definition) is 2. The third-order valence-electron chi connectivity index (χ3n) is 2.77. The first-order valence-corrected chi connectivity index (χ1v) is 6.43. The summed E-state index contributed by atoms with van der Waals surface area (Å²) in [4.78, 5) is 12.3. The van der Waals surface area contributed by atoms with Crippen molar-refractivity contribution in [3.63, 3.8) is 0 Å². The fourth-order valence-corrected chi connectivity index (χ4v) is 1.99. The molecule has 0 radical (unpaired) electrons. The van der Waals surface area contributed by atoms with Gasteiger partial charge in [0.2, 0.25) is 0 Å². The number of carbonyl (C=O) groups is 1. The molecule has 0 saturated heterocycles. The number of methoxy groups -OCH3 is 1. The van der Waals surface area contributed by atoms with E-state index < -0.39 is 5.82 Å². The highest BCUT2D eigenvalue weighted by molar-refractivity contribution is 7.80. The molecule has 0 unspecified atom stereocenters. The number of nitrogens with one attached hydrogen (secondary N) is 1. The van der Waals surface area contributed by atoms with Crippen LogP contribution in [-0.4, -0.2) is 13.0 Å². The minimum absolute atomic E-state index is 0.142. The highest BCUT2D eigenvalue weighted by Gasteiger charge is 2.10. The monoisotopic (exact) mass is 291 g/mol. The highest BCUT2D eigenvalue weighted by atomic mass is 32.1. The lowest BCUT2D eigenvalue weighted by Crippen LogP contribution is -2.13. The molecule has 2 rings (SSSR count). The predicted octanol–water partition coefficient (Wildman–Crippen LogP) is 3.51. The van der Waals surface area contributed by atoms with Gasteiger partial charge in [-0.3, -0.25) is 4.79 Å². The van der Waals surface area contributed by atoms with Gasteiger partial charge in [0.25, 0.3) is 5.91 Å². The van der Waals surface area contributed by atoms with E-state index >= 15 is 0 Å². The van der Waals surface area contributed by atoms with Gasteiger partial charge in [-0.2, -0.15) is 0 Å². The van der Waals surface area contributed by atoms with Gasteiger partial charge in [-0.15, -0.1) is 12.6 Å². The van der Waals surface area contributed by atoms with Crippen LogP contribution in [0.5, 0.6) is 0 Å². The van der Waals surface area contributed by atoms with Crippen molar-refractivity contribution < 1.29 is 13.9 Å². The SMILES string of the molecule is COCc1ccccc1NC(=O)c1ccc(F)c(S)c1. The van der Waals surface area contributed by atoms with Crippen LogP contribution in [0.15, 0.2) is 47.4 Å². The third-order valence-corrected chi connectivity index (χ3v) is 3.12. The fraction of sp³-hybridized carbons (Fsp3) is 0.133. The summed E-state index contributed by atoms with van der Waals surface area (Å²) >= 11 is 3.97. The third kappa shape index (κ3) is 3.37. The molecule has 1 amide bonds. The summed E-state index contributed by atoms with van der Waals surface area (Å²) in [6, 6.07) is 11.4. The van der Waals surface area contributed by atoms with Crippen LogP contribution in [-0.2, 0) is 11.3 Å². The maximum absolute atomic E-state index is 13.1. The minimum atomic E-state index is -0.454. The number of benzene rings is 2. The Bertz CT molecular complexity index is 631. The number of rotatable bonds is 4. The summed E-state index contributed by atoms with van der Waals surface area (Å²) in [7, 11) is 1.59. The molecule has 0 bridgehead atoms. The summed E-state index contributed by atoms with van der Waals surface area (Å²) in [5, 5.41) is 2.78. The molecule has 0 fully saturated rings. The van der Waals surface area contributed by atoms with Gasteiger partial charge < -0.3 is 10.1 Å². The van der Waals surface area contributed by atoms with Crippen LogP contribution < -0.4 is 5.32 Å². The number of carbonyl (C=O) groups excluding carboxylic acids is 1. The smallest absolute Gasteiger partial charge is 0.255 e. The topological polar surface area (TPSA) is 38.3 Å². The fourth-order valence-electron chi connectivity index (χ4n) is 1.77. The van der Waals surface area contributed by atoms with Crippen LogP contribution in [0, 0.1) is 5.82 Å². The molecule has 1 N–H and O–H groups in total. The second-order valence-corrected chi connectivity index (χ2v) is 4.69. The van der Waals surface area contributed by atoms with Crippen LogP contribution in [0.4, 0.5) is 10.1 Å². The summed E-state index contributed by atoms with van der Waals surface area (Å²) in [5.74, 6) is -0.770. The van der Waals surface area contributed by atoms with Gasteiger partial charge in [-0.05, 0) is 24.3 Å². The van der Waals surface area contributed by atoms with Crippen molar-refractivity contribution in [2.24, 2.45) is 0 Å². The first kappa shape index (κ1) is 14.6. The zero-order valence-corrected chi connectivity index (χ0v) is 11.8. The molecule has 0 aromatic heterocycles. The van der Waals surface area contributed by atoms with Gasteiger partial charge in [0.15, 0.2) is 0 Å². The lowest BCUT2D eigenvalue weighted by molar-refractivity contribution is 0.102. The molecule has 20 heavy (non-hydrogen) atoms. The van der Waals surface area contributed by atoms with Crippen LogP contribution in [0.2, 0.25) is 0 Å². The Morgan fingerprint density at radius 2 is 2.05 bits per heavy atom. The maximum Gasteiger partial charge on any atom is 0.255 e. The number of thiol groups is 1. The number of halogens is 1. The Morgan fingerprint density at radius 1 is 1.30 bits per heavy atom. The molecule has 104 valence electrons. The van der Waals surface area contributed by atoms with Crippen LogP contribution in [0.1, 0.15) is 15.9 Å². The molecule has 2 aromatic rings. The second-order valence-electron chi connectivity index (χ2n) is 4.21. The quantitative estimate of drug-likeness (QED) is 0.846. The lowest BCUT2D eigenvalue weighted by atomic mass is 10.1. The molecular weight excluding hydrogens is 277 g/mol.